The molecule has 20 heavy (non-hydrogen) atoms. The molecule has 0 aromatic heterocycles. The predicted octanol–water partition coefficient (Wildman–Crippen LogP) is 1.16. The van der Waals surface area contributed by atoms with Gasteiger partial charge in [0.15, 0.2) is 0 Å². The molecule has 1 amide bonds. The molecule has 0 radical (unpaired) electrons. The summed E-state index contributed by atoms with van der Waals surface area (Å²) in [6, 6.07) is 9.68. The van der Waals surface area contributed by atoms with E-state index in [-0.39, 0.29) is 18.6 Å². The molecule has 1 aromatic carbocycles. The highest BCUT2D eigenvalue weighted by Gasteiger charge is 2.37. The summed E-state index contributed by atoms with van der Waals surface area (Å²) in [6.07, 6.45) is 1.76. The van der Waals surface area contributed by atoms with Crippen molar-refractivity contribution in [1.82, 2.24) is 4.90 Å². The Hall–Kier alpha value is -1.88. The lowest BCUT2D eigenvalue weighted by molar-refractivity contribution is -0.143. The Kier molecular flexibility index (Phi) is 3.69. The van der Waals surface area contributed by atoms with Crippen molar-refractivity contribution in [2.75, 3.05) is 13.2 Å². The molecule has 1 unspecified atom stereocenters. The highest BCUT2D eigenvalue weighted by atomic mass is 16.6. The van der Waals surface area contributed by atoms with Crippen molar-refractivity contribution < 1.29 is 14.7 Å². The Balaban J connectivity index is 1.65. The lowest BCUT2D eigenvalue weighted by Crippen LogP contribution is -2.43. The third-order valence-corrected chi connectivity index (χ3v) is 3.92. The minimum absolute atomic E-state index is 0.0187. The topological polar surface area (TPSA) is 62.1 Å². The minimum Gasteiger partial charge on any atom is -0.394 e. The summed E-state index contributed by atoms with van der Waals surface area (Å²) >= 11 is 0. The summed E-state index contributed by atoms with van der Waals surface area (Å²) in [5, 5.41) is 13.3. The van der Waals surface area contributed by atoms with Crippen LogP contribution in [0.25, 0.3) is 0 Å². The van der Waals surface area contributed by atoms with Crippen molar-refractivity contribution in [3.05, 3.63) is 35.9 Å². The van der Waals surface area contributed by atoms with Crippen molar-refractivity contribution >= 4 is 11.6 Å². The number of aliphatic hydroxyl groups excluding tert-OH is 1. The second-order valence-corrected chi connectivity index (χ2v) is 5.21. The molecule has 2 atom stereocenters. The third-order valence-electron chi connectivity index (χ3n) is 3.92. The Morgan fingerprint density at radius 3 is 2.95 bits per heavy atom. The molecule has 106 valence electrons. The standard InChI is InChI=1S/C15H18N2O3/c18-10-12-7-4-8-17(12)15(19)14-9-13(16-20-14)11-5-2-1-3-6-11/h1-3,5-6,12,14,18H,4,7-10H2/t12-,14?/m0/s1. The van der Waals surface area contributed by atoms with E-state index in [0.717, 1.165) is 24.1 Å². The van der Waals surface area contributed by atoms with Gasteiger partial charge in [-0.2, -0.15) is 0 Å². The fourth-order valence-corrected chi connectivity index (χ4v) is 2.81. The second kappa shape index (κ2) is 5.63. The van der Waals surface area contributed by atoms with Crippen LogP contribution >= 0.6 is 0 Å². The van der Waals surface area contributed by atoms with Crippen LogP contribution in [0.15, 0.2) is 35.5 Å². The van der Waals surface area contributed by atoms with Gasteiger partial charge >= 0.3 is 0 Å². The Morgan fingerprint density at radius 1 is 1.40 bits per heavy atom. The number of carbonyl (C=O) groups excluding carboxylic acids is 1. The molecule has 0 bridgehead atoms. The van der Waals surface area contributed by atoms with E-state index >= 15 is 0 Å². The number of likely N-dealkylation sites (tertiary alicyclic amines) is 1. The van der Waals surface area contributed by atoms with E-state index in [2.05, 4.69) is 5.16 Å². The quantitative estimate of drug-likeness (QED) is 0.899. The van der Waals surface area contributed by atoms with Crippen molar-refractivity contribution in [1.29, 1.82) is 0 Å². The maximum atomic E-state index is 12.4. The zero-order chi connectivity index (χ0) is 13.9. The number of amides is 1. The average Bonchev–Trinajstić information content (AvgIpc) is 3.16. The molecule has 0 aliphatic carbocycles. The van der Waals surface area contributed by atoms with Gasteiger partial charge in [-0.1, -0.05) is 35.5 Å². The van der Waals surface area contributed by atoms with Crippen molar-refractivity contribution in [2.24, 2.45) is 5.16 Å². The molecule has 3 rings (SSSR count). The van der Waals surface area contributed by atoms with Crippen molar-refractivity contribution in [3.63, 3.8) is 0 Å². The Labute approximate surface area is 117 Å². The van der Waals surface area contributed by atoms with E-state index < -0.39 is 6.10 Å². The van der Waals surface area contributed by atoms with Crippen LogP contribution in [0.4, 0.5) is 0 Å². The van der Waals surface area contributed by atoms with Crippen LogP contribution in [-0.2, 0) is 9.63 Å². The first-order chi connectivity index (χ1) is 9.79. The number of rotatable bonds is 3. The Morgan fingerprint density at radius 2 is 2.20 bits per heavy atom. The zero-order valence-electron chi connectivity index (χ0n) is 11.2. The van der Waals surface area contributed by atoms with Crippen molar-refractivity contribution in [3.8, 4) is 0 Å². The zero-order valence-corrected chi connectivity index (χ0v) is 11.2. The molecule has 1 aromatic rings. The summed E-state index contributed by atoms with van der Waals surface area (Å²) in [6.45, 7) is 0.718. The van der Waals surface area contributed by atoms with Crippen LogP contribution < -0.4 is 0 Å². The van der Waals surface area contributed by atoms with E-state index in [1.54, 1.807) is 4.90 Å². The maximum Gasteiger partial charge on any atom is 0.267 e. The van der Waals surface area contributed by atoms with Crippen LogP contribution in [0.2, 0.25) is 0 Å². The maximum absolute atomic E-state index is 12.4. The molecular weight excluding hydrogens is 256 g/mol. The van der Waals surface area contributed by atoms with Gasteiger partial charge in [0.05, 0.1) is 18.4 Å². The van der Waals surface area contributed by atoms with Crippen LogP contribution in [0, 0.1) is 0 Å². The highest BCUT2D eigenvalue weighted by molar-refractivity contribution is 6.04. The smallest absolute Gasteiger partial charge is 0.267 e. The normalized spacial score (nSPS) is 25.4. The number of nitrogens with zero attached hydrogens (tertiary/aromatic N) is 2. The number of hydrogen-bond donors (Lipinski definition) is 1. The molecule has 1 saturated heterocycles. The molecule has 2 aliphatic rings. The van der Waals surface area contributed by atoms with Gasteiger partial charge in [-0.15, -0.1) is 0 Å². The molecule has 1 N–H and O–H groups in total. The lowest BCUT2D eigenvalue weighted by atomic mass is 10.0. The van der Waals surface area contributed by atoms with Gasteiger partial charge < -0.3 is 14.8 Å². The number of oxime groups is 1. The van der Waals surface area contributed by atoms with Crippen molar-refractivity contribution in [2.45, 2.75) is 31.4 Å². The highest BCUT2D eigenvalue weighted by Crippen LogP contribution is 2.23. The number of carbonyl (C=O) groups is 1. The van der Waals surface area contributed by atoms with Crippen LogP contribution in [0.5, 0.6) is 0 Å². The van der Waals surface area contributed by atoms with Gasteiger partial charge in [-0.05, 0) is 18.4 Å². The fraction of sp³-hybridized carbons (Fsp3) is 0.467. The number of aliphatic hydroxyl groups is 1. The fourth-order valence-electron chi connectivity index (χ4n) is 2.81. The minimum atomic E-state index is -0.544. The third kappa shape index (κ3) is 2.41. The van der Waals surface area contributed by atoms with Crippen LogP contribution in [-0.4, -0.2) is 46.9 Å². The summed E-state index contributed by atoms with van der Waals surface area (Å²) in [4.78, 5) is 19.4. The first-order valence-electron chi connectivity index (χ1n) is 6.99. The molecular formula is C15H18N2O3. The summed E-state index contributed by atoms with van der Waals surface area (Å²) < 4.78 is 0. The van der Waals surface area contributed by atoms with Crippen LogP contribution in [0.1, 0.15) is 24.8 Å². The SMILES string of the molecule is O=C(C1CC(c2ccccc2)=NO1)N1CCC[C@H]1CO. The summed E-state index contributed by atoms with van der Waals surface area (Å²) in [7, 11) is 0. The molecule has 5 nitrogen and oxygen atoms in total. The van der Waals surface area contributed by atoms with Gasteiger partial charge in [0.1, 0.15) is 0 Å². The van der Waals surface area contributed by atoms with E-state index in [1.807, 2.05) is 30.3 Å². The van der Waals surface area contributed by atoms with E-state index in [4.69, 9.17) is 4.84 Å². The molecule has 0 saturated carbocycles. The molecule has 2 heterocycles. The summed E-state index contributed by atoms with van der Waals surface area (Å²) in [5.41, 5.74) is 1.80. The summed E-state index contributed by atoms with van der Waals surface area (Å²) in [5.74, 6) is -0.0590. The molecule has 1 fully saturated rings. The average molecular weight is 274 g/mol. The number of benzene rings is 1. The van der Waals surface area contributed by atoms with Gasteiger partial charge in [-0.25, -0.2) is 0 Å². The van der Waals surface area contributed by atoms with Crippen LogP contribution in [0.3, 0.4) is 0 Å². The lowest BCUT2D eigenvalue weighted by Gasteiger charge is -2.24. The Bertz CT molecular complexity index is 515. The largest absolute Gasteiger partial charge is 0.394 e. The van der Waals surface area contributed by atoms with Gasteiger partial charge in [0.2, 0.25) is 6.10 Å². The van der Waals surface area contributed by atoms with E-state index in [9.17, 15) is 9.90 Å². The monoisotopic (exact) mass is 274 g/mol. The number of hydrogen-bond acceptors (Lipinski definition) is 4. The first-order valence-corrected chi connectivity index (χ1v) is 6.99. The van der Waals surface area contributed by atoms with E-state index in [0.29, 0.717) is 13.0 Å². The predicted molar refractivity (Wildman–Crippen MR) is 74.3 cm³/mol. The molecule has 0 spiro atoms. The van der Waals surface area contributed by atoms with Gasteiger partial charge in [-0.3, -0.25) is 4.79 Å². The molecule has 5 heteroatoms. The molecule has 2 aliphatic heterocycles. The van der Waals surface area contributed by atoms with Gasteiger partial charge in [0.25, 0.3) is 5.91 Å². The second-order valence-electron chi connectivity index (χ2n) is 5.21. The first kappa shape index (κ1) is 13.1. The van der Waals surface area contributed by atoms with Gasteiger partial charge in [0, 0.05) is 13.0 Å². The van der Waals surface area contributed by atoms with E-state index in [1.165, 1.54) is 0 Å².